The molecule has 0 unspecified atom stereocenters. The Labute approximate surface area is 137 Å². The van der Waals surface area contributed by atoms with Gasteiger partial charge < -0.3 is 20.7 Å². The molecule has 0 aromatic rings. The van der Waals surface area contributed by atoms with Crippen molar-refractivity contribution in [2.45, 2.75) is 25.7 Å². The van der Waals surface area contributed by atoms with Gasteiger partial charge in [-0.3, -0.25) is 14.7 Å². The van der Waals surface area contributed by atoms with Crippen LogP contribution in [0.3, 0.4) is 0 Å². The van der Waals surface area contributed by atoms with Gasteiger partial charge in [-0.05, 0) is 24.7 Å². The fourth-order valence-electron chi connectivity index (χ4n) is 2.97. The van der Waals surface area contributed by atoms with Crippen LogP contribution in [0.15, 0.2) is 4.99 Å². The monoisotopic (exact) mass is 325 g/mol. The summed E-state index contributed by atoms with van der Waals surface area (Å²) in [7, 11) is 3.45. The summed E-state index contributed by atoms with van der Waals surface area (Å²) in [6.45, 7) is 2.54. The molecular weight excluding hydrogens is 298 g/mol. The zero-order chi connectivity index (χ0) is 16.7. The fraction of sp³-hybridized carbons (Fsp3) is 0.800. The molecule has 2 fully saturated rings. The summed E-state index contributed by atoms with van der Waals surface area (Å²) in [5, 5.41) is 9.00. The van der Waals surface area contributed by atoms with E-state index in [2.05, 4.69) is 20.9 Å². The second-order valence-electron chi connectivity index (χ2n) is 6.15. The summed E-state index contributed by atoms with van der Waals surface area (Å²) < 4.78 is 5.20. The lowest BCUT2D eigenvalue weighted by molar-refractivity contribution is -0.124. The molecule has 2 aliphatic rings. The van der Waals surface area contributed by atoms with E-state index in [1.54, 1.807) is 14.2 Å². The minimum atomic E-state index is -0.326. The number of urea groups is 1. The molecule has 2 rings (SSSR count). The molecule has 0 aromatic carbocycles. The molecule has 1 saturated heterocycles. The Balaban J connectivity index is 1.71. The Morgan fingerprint density at radius 2 is 2.17 bits per heavy atom. The van der Waals surface area contributed by atoms with E-state index in [1.165, 1.54) is 24.2 Å². The summed E-state index contributed by atoms with van der Waals surface area (Å²) in [6, 6.07) is -0.326. The molecule has 3 N–H and O–H groups in total. The molecule has 8 nitrogen and oxygen atoms in total. The number of carbonyl (C=O) groups excluding carboxylic acids is 2. The van der Waals surface area contributed by atoms with Crippen LogP contribution in [0.5, 0.6) is 0 Å². The van der Waals surface area contributed by atoms with Crippen molar-refractivity contribution in [3.8, 4) is 0 Å². The van der Waals surface area contributed by atoms with Gasteiger partial charge in [0.2, 0.25) is 5.91 Å². The normalized spacial score (nSPS) is 20.3. The van der Waals surface area contributed by atoms with Crippen LogP contribution in [0.4, 0.5) is 4.79 Å². The van der Waals surface area contributed by atoms with Crippen molar-refractivity contribution in [1.82, 2.24) is 20.9 Å². The van der Waals surface area contributed by atoms with Gasteiger partial charge in [0.05, 0.1) is 6.54 Å². The zero-order valence-electron chi connectivity index (χ0n) is 14.0. The second-order valence-corrected chi connectivity index (χ2v) is 6.15. The Hall–Kier alpha value is -1.83. The highest BCUT2D eigenvalue weighted by Gasteiger charge is 2.36. The number of hydrogen-bond donors (Lipinski definition) is 3. The largest absolute Gasteiger partial charge is 0.385 e. The highest BCUT2D eigenvalue weighted by Crippen LogP contribution is 2.43. The average molecular weight is 325 g/mol. The molecule has 130 valence electrons. The first-order valence-electron chi connectivity index (χ1n) is 8.12. The quantitative estimate of drug-likeness (QED) is 0.329. The second kappa shape index (κ2) is 8.14. The lowest BCUT2D eigenvalue weighted by atomic mass is 9.67. The molecule has 0 atom stereocenters. The molecule has 0 bridgehead atoms. The van der Waals surface area contributed by atoms with E-state index < -0.39 is 0 Å². The summed E-state index contributed by atoms with van der Waals surface area (Å²) >= 11 is 0. The minimum Gasteiger partial charge on any atom is -0.385 e. The van der Waals surface area contributed by atoms with Crippen molar-refractivity contribution in [2.24, 2.45) is 10.4 Å². The molecular formula is C15H27N5O3. The van der Waals surface area contributed by atoms with Gasteiger partial charge in [-0.1, -0.05) is 6.42 Å². The lowest BCUT2D eigenvalue weighted by Gasteiger charge is -2.42. The van der Waals surface area contributed by atoms with Crippen molar-refractivity contribution in [3.63, 3.8) is 0 Å². The molecule has 8 heteroatoms. The lowest BCUT2D eigenvalue weighted by Crippen LogP contribution is -2.48. The van der Waals surface area contributed by atoms with Gasteiger partial charge in [0.15, 0.2) is 5.96 Å². The van der Waals surface area contributed by atoms with Crippen molar-refractivity contribution in [3.05, 3.63) is 0 Å². The van der Waals surface area contributed by atoms with Gasteiger partial charge in [0, 0.05) is 40.4 Å². The molecule has 1 heterocycles. The third-order valence-electron chi connectivity index (χ3n) is 4.67. The Morgan fingerprint density at radius 1 is 1.39 bits per heavy atom. The van der Waals surface area contributed by atoms with E-state index in [-0.39, 0.29) is 18.5 Å². The number of imide groups is 1. The number of hydrogen-bond acceptors (Lipinski definition) is 4. The third-order valence-corrected chi connectivity index (χ3v) is 4.67. The molecule has 0 radical (unpaired) electrons. The number of nitrogens with one attached hydrogen (secondary N) is 3. The highest BCUT2D eigenvalue weighted by molar-refractivity contribution is 6.01. The van der Waals surface area contributed by atoms with Gasteiger partial charge in [0.1, 0.15) is 0 Å². The van der Waals surface area contributed by atoms with Gasteiger partial charge in [-0.25, -0.2) is 4.79 Å². The van der Waals surface area contributed by atoms with E-state index in [0.717, 1.165) is 19.6 Å². The number of guanidine groups is 1. The standard InChI is InChI=1S/C15H27N5O3/c1-16-13(17-7-8-20-12(21)10-18-14(20)22)19-11-15(4-3-5-15)6-9-23-2/h3-11H2,1-2H3,(H,18,22)(H2,16,17,19). The van der Waals surface area contributed by atoms with Gasteiger partial charge in [-0.2, -0.15) is 0 Å². The first kappa shape index (κ1) is 17.5. The Kier molecular flexibility index (Phi) is 6.20. The number of ether oxygens (including phenoxy) is 1. The Bertz CT molecular complexity index is 446. The Morgan fingerprint density at radius 3 is 2.70 bits per heavy atom. The third kappa shape index (κ3) is 4.57. The van der Waals surface area contributed by atoms with Crippen LogP contribution < -0.4 is 16.0 Å². The number of rotatable bonds is 8. The van der Waals surface area contributed by atoms with E-state index in [9.17, 15) is 9.59 Å². The van der Waals surface area contributed by atoms with Crippen LogP contribution in [-0.4, -0.2) is 69.7 Å². The van der Waals surface area contributed by atoms with Crippen LogP contribution in [-0.2, 0) is 9.53 Å². The molecule has 1 aliphatic carbocycles. The zero-order valence-corrected chi connectivity index (χ0v) is 14.0. The first-order chi connectivity index (χ1) is 11.1. The maximum Gasteiger partial charge on any atom is 0.324 e. The molecule has 23 heavy (non-hydrogen) atoms. The highest BCUT2D eigenvalue weighted by atomic mass is 16.5. The van der Waals surface area contributed by atoms with E-state index in [0.29, 0.717) is 24.5 Å². The molecule has 0 spiro atoms. The predicted molar refractivity (Wildman–Crippen MR) is 87.3 cm³/mol. The first-order valence-corrected chi connectivity index (χ1v) is 8.12. The van der Waals surface area contributed by atoms with Gasteiger partial charge in [0.25, 0.3) is 0 Å². The number of methoxy groups -OCH3 is 1. The molecule has 3 amide bonds. The van der Waals surface area contributed by atoms with Gasteiger partial charge >= 0.3 is 6.03 Å². The molecule has 1 saturated carbocycles. The SMILES string of the molecule is CN=C(NCCN1C(=O)CNC1=O)NCC1(CCOC)CCC1. The van der Waals surface area contributed by atoms with Crippen LogP contribution in [0.25, 0.3) is 0 Å². The summed E-state index contributed by atoms with van der Waals surface area (Å²) in [5.74, 6) is 0.508. The smallest absolute Gasteiger partial charge is 0.324 e. The summed E-state index contributed by atoms with van der Waals surface area (Å²) in [5.41, 5.74) is 0.304. The van der Waals surface area contributed by atoms with Crippen LogP contribution in [0, 0.1) is 5.41 Å². The van der Waals surface area contributed by atoms with Crippen molar-refractivity contribution in [1.29, 1.82) is 0 Å². The summed E-state index contributed by atoms with van der Waals surface area (Å²) in [4.78, 5) is 28.3. The minimum absolute atomic E-state index is 0.0911. The number of aliphatic imine (C=N–C) groups is 1. The summed E-state index contributed by atoms with van der Waals surface area (Å²) in [6.07, 6.45) is 4.74. The maximum atomic E-state index is 11.5. The van der Waals surface area contributed by atoms with Crippen molar-refractivity contribution >= 4 is 17.9 Å². The molecule has 0 aromatic heterocycles. The van der Waals surface area contributed by atoms with Crippen LogP contribution in [0.1, 0.15) is 25.7 Å². The van der Waals surface area contributed by atoms with E-state index in [1.807, 2.05) is 0 Å². The van der Waals surface area contributed by atoms with Crippen molar-refractivity contribution < 1.29 is 14.3 Å². The van der Waals surface area contributed by atoms with E-state index in [4.69, 9.17) is 4.74 Å². The van der Waals surface area contributed by atoms with E-state index >= 15 is 0 Å². The van der Waals surface area contributed by atoms with Gasteiger partial charge in [-0.15, -0.1) is 0 Å². The topological polar surface area (TPSA) is 95.1 Å². The fourth-order valence-corrected chi connectivity index (χ4v) is 2.97. The number of amides is 3. The van der Waals surface area contributed by atoms with Crippen LogP contribution in [0.2, 0.25) is 0 Å². The number of carbonyl (C=O) groups is 2. The predicted octanol–water partition coefficient (Wildman–Crippen LogP) is -0.0900. The number of nitrogens with zero attached hydrogens (tertiary/aromatic N) is 2. The molecule has 1 aliphatic heterocycles. The maximum absolute atomic E-state index is 11.5. The van der Waals surface area contributed by atoms with Crippen LogP contribution >= 0.6 is 0 Å². The average Bonchev–Trinajstić information content (AvgIpc) is 2.83. The van der Waals surface area contributed by atoms with Crippen molar-refractivity contribution in [2.75, 3.05) is 46.9 Å².